The van der Waals surface area contributed by atoms with E-state index in [2.05, 4.69) is 10.6 Å². The molecule has 152 valence electrons. The van der Waals surface area contributed by atoms with E-state index in [1.165, 1.54) is 0 Å². The fourth-order valence-corrected chi connectivity index (χ4v) is 3.05. The summed E-state index contributed by atoms with van der Waals surface area (Å²) in [5.74, 6) is -0.314. The van der Waals surface area contributed by atoms with Gasteiger partial charge in [0.25, 0.3) is 0 Å². The van der Waals surface area contributed by atoms with Gasteiger partial charge in [0.05, 0.1) is 23.6 Å². The average molecular weight is 424 g/mol. The van der Waals surface area contributed by atoms with Gasteiger partial charge in [-0.3, -0.25) is 4.79 Å². The van der Waals surface area contributed by atoms with Crippen molar-refractivity contribution in [2.24, 2.45) is 5.41 Å². The molecule has 1 aliphatic rings. The molecule has 0 radical (unpaired) electrons. The minimum absolute atomic E-state index is 0.156. The molecule has 1 aromatic rings. The number of nitrogens with one attached hydrogen (secondary N) is 2. The van der Waals surface area contributed by atoms with Crippen LogP contribution in [0.4, 0.5) is 5.69 Å². The van der Waals surface area contributed by atoms with Crippen molar-refractivity contribution in [3.63, 3.8) is 0 Å². The molecule has 1 aromatic carbocycles. The molecule has 1 amide bonds. The van der Waals surface area contributed by atoms with Gasteiger partial charge in [-0.15, -0.1) is 11.6 Å². The van der Waals surface area contributed by atoms with Gasteiger partial charge in [-0.05, 0) is 57.6 Å². The molecule has 1 atom stereocenters. The number of anilines is 1. The number of hydrogen-bond acceptors (Lipinski definition) is 4. The molecule has 0 saturated carbocycles. The molecular formula is C20H26ClN3O3S. The molecule has 6 nitrogen and oxygen atoms in total. The Morgan fingerprint density at radius 3 is 2.46 bits per heavy atom. The summed E-state index contributed by atoms with van der Waals surface area (Å²) in [4.78, 5) is 26.6. The first-order chi connectivity index (χ1) is 13.1. The van der Waals surface area contributed by atoms with Crippen LogP contribution in [0, 0.1) is 5.41 Å². The topological polar surface area (TPSA) is 70.7 Å². The van der Waals surface area contributed by atoms with Crippen molar-refractivity contribution in [1.29, 1.82) is 0 Å². The number of carbonyl (C=O) groups is 2. The third kappa shape index (κ3) is 4.64. The second kappa shape index (κ2) is 8.92. The fourth-order valence-electron chi connectivity index (χ4n) is 2.68. The van der Waals surface area contributed by atoms with Crippen LogP contribution in [0.2, 0.25) is 0 Å². The van der Waals surface area contributed by atoms with Gasteiger partial charge in [0, 0.05) is 24.3 Å². The third-order valence-electron chi connectivity index (χ3n) is 4.70. The maximum atomic E-state index is 12.5. The smallest absolute Gasteiger partial charge is 0.338 e. The van der Waals surface area contributed by atoms with E-state index in [1.807, 2.05) is 19.1 Å². The molecule has 0 aromatic heterocycles. The van der Waals surface area contributed by atoms with Gasteiger partial charge in [0.15, 0.2) is 5.11 Å². The number of ether oxygens (including phenoxy) is 1. The van der Waals surface area contributed by atoms with Gasteiger partial charge >= 0.3 is 5.97 Å². The van der Waals surface area contributed by atoms with Crippen molar-refractivity contribution in [3.8, 4) is 0 Å². The molecule has 1 aliphatic heterocycles. The Hall–Kier alpha value is -2.12. The zero-order valence-electron chi connectivity index (χ0n) is 16.8. The molecule has 1 heterocycles. The standard InChI is InChI=1S/C20H26ClN3O3S/c1-6-27-17(25)15-12(2)24(5)19(28)23-16(15)13-7-9-14(10-8-13)22-18(26)20(3,4)11-21/h7-10,16H,6,11H2,1-5H3,(H,22,26)(H,23,28)/t16-/m0/s1. The predicted molar refractivity (Wildman–Crippen MR) is 115 cm³/mol. The van der Waals surface area contributed by atoms with Crippen LogP contribution in [0.5, 0.6) is 0 Å². The third-order valence-corrected chi connectivity index (χ3v) is 5.76. The van der Waals surface area contributed by atoms with Gasteiger partial charge in [-0.1, -0.05) is 12.1 Å². The number of nitrogens with zero attached hydrogens (tertiary/aromatic N) is 1. The van der Waals surface area contributed by atoms with Crippen molar-refractivity contribution < 1.29 is 14.3 Å². The highest BCUT2D eigenvalue weighted by Gasteiger charge is 2.33. The van der Waals surface area contributed by atoms with E-state index in [1.54, 1.807) is 44.9 Å². The van der Waals surface area contributed by atoms with Gasteiger partial charge < -0.3 is 20.3 Å². The van der Waals surface area contributed by atoms with Crippen LogP contribution < -0.4 is 10.6 Å². The Bertz CT molecular complexity index is 805. The number of carbonyl (C=O) groups excluding carboxylic acids is 2. The minimum atomic E-state index is -0.668. The van der Waals surface area contributed by atoms with E-state index in [-0.39, 0.29) is 24.4 Å². The molecule has 0 bridgehead atoms. The second-order valence-electron chi connectivity index (χ2n) is 7.25. The lowest BCUT2D eigenvalue weighted by molar-refractivity contribution is -0.139. The van der Waals surface area contributed by atoms with E-state index in [4.69, 9.17) is 28.6 Å². The second-order valence-corrected chi connectivity index (χ2v) is 7.91. The molecule has 0 saturated heterocycles. The summed E-state index contributed by atoms with van der Waals surface area (Å²) in [5.41, 5.74) is 2.08. The number of amides is 1. The summed E-state index contributed by atoms with van der Waals surface area (Å²) >= 11 is 11.2. The quantitative estimate of drug-likeness (QED) is 0.414. The van der Waals surface area contributed by atoms with Crippen molar-refractivity contribution in [3.05, 3.63) is 41.1 Å². The number of thiocarbonyl (C=S) groups is 1. The van der Waals surface area contributed by atoms with E-state index in [0.29, 0.717) is 16.4 Å². The number of benzene rings is 1. The number of halogens is 1. The highest BCUT2D eigenvalue weighted by molar-refractivity contribution is 7.80. The number of rotatable bonds is 6. The molecule has 0 unspecified atom stereocenters. The van der Waals surface area contributed by atoms with Crippen LogP contribution in [0.3, 0.4) is 0 Å². The number of alkyl halides is 1. The molecule has 0 fully saturated rings. The Labute approximate surface area is 176 Å². The van der Waals surface area contributed by atoms with E-state index in [0.717, 1.165) is 11.3 Å². The Balaban J connectivity index is 2.31. The number of allylic oxidation sites excluding steroid dienone is 1. The normalized spacial score (nSPS) is 17.3. The van der Waals surface area contributed by atoms with E-state index >= 15 is 0 Å². The molecule has 0 aliphatic carbocycles. The zero-order chi connectivity index (χ0) is 21.1. The largest absolute Gasteiger partial charge is 0.463 e. The number of hydrogen-bond donors (Lipinski definition) is 2. The lowest BCUT2D eigenvalue weighted by Crippen LogP contribution is -2.46. The van der Waals surface area contributed by atoms with Crippen LogP contribution in [-0.2, 0) is 14.3 Å². The van der Waals surface area contributed by atoms with Crippen LogP contribution >= 0.6 is 23.8 Å². The van der Waals surface area contributed by atoms with Crippen molar-refractivity contribution in [2.45, 2.75) is 33.7 Å². The van der Waals surface area contributed by atoms with Gasteiger partial charge in [0.2, 0.25) is 5.91 Å². The van der Waals surface area contributed by atoms with Gasteiger partial charge in [-0.25, -0.2) is 4.79 Å². The van der Waals surface area contributed by atoms with Gasteiger partial charge in [-0.2, -0.15) is 0 Å². The first kappa shape index (κ1) is 22.2. The predicted octanol–water partition coefficient (Wildman–Crippen LogP) is 3.59. The highest BCUT2D eigenvalue weighted by atomic mass is 35.5. The Morgan fingerprint density at radius 2 is 1.93 bits per heavy atom. The number of esters is 1. The average Bonchev–Trinajstić information content (AvgIpc) is 2.66. The maximum absolute atomic E-state index is 12.5. The highest BCUT2D eigenvalue weighted by Crippen LogP contribution is 2.31. The Morgan fingerprint density at radius 1 is 1.32 bits per heavy atom. The molecular weight excluding hydrogens is 398 g/mol. The van der Waals surface area contributed by atoms with Crippen molar-refractivity contribution in [1.82, 2.24) is 10.2 Å². The van der Waals surface area contributed by atoms with Crippen molar-refractivity contribution in [2.75, 3.05) is 24.9 Å². The maximum Gasteiger partial charge on any atom is 0.338 e. The molecule has 2 rings (SSSR count). The summed E-state index contributed by atoms with van der Waals surface area (Å²) in [6.45, 7) is 7.47. The minimum Gasteiger partial charge on any atom is -0.463 e. The van der Waals surface area contributed by atoms with Crippen molar-refractivity contribution >= 4 is 46.5 Å². The van der Waals surface area contributed by atoms with Crippen LogP contribution in [0.1, 0.15) is 39.3 Å². The van der Waals surface area contributed by atoms with E-state index in [9.17, 15) is 9.59 Å². The molecule has 2 N–H and O–H groups in total. The van der Waals surface area contributed by atoms with Crippen LogP contribution in [-0.4, -0.2) is 41.4 Å². The SMILES string of the molecule is CCOC(=O)C1=C(C)N(C)C(=S)N[C@H]1c1ccc(NC(=O)C(C)(C)CCl)cc1. The zero-order valence-corrected chi connectivity index (χ0v) is 18.3. The summed E-state index contributed by atoms with van der Waals surface area (Å²) in [6.07, 6.45) is 0. The molecule has 28 heavy (non-hydrogen) atoms. The lowest BCUT2D eigenvalue weighted by atomic mass is 9.94. The summed E-state index contributed by atoms with van der Waals surface area (Å²) in [5, 5.41) is 6.58. The van der Waals surface area contributed by atoms with Gasteiger partial charge in [0.1, 0.15) is 0 Å². The first-order valence-electron chi connectivity index (χ1n) is 9.01. The summed E-state index contributed by atoms with van der Waals surface area (Å²) in [6, 6.07) is 6.85. The molecule has 0 spiro atoms. The monoisotopic (exact) mass is 423 g/mol. The van der Waals surface area contributed by atoms with E-state index < -0.39 is 11.5 Å². The molecule has 8 heteroatoms. The lowest BCUT2D eigenvalue weighted by Gasteiger charge is -2.35. The van der Waals surface area contributed by atoms with Crippen LogP contribution in [0.25, 0.3) is 0 Å². The fraction of sp³-hybridized carbons (Fsp3) is 0.450. The first-order valence-corrected chi connectivity index (χ1v) is 9.96. The summed E-state index contributed by atoms with van der Waals surface area (Å²) < 4.78 is 5.24. The Kier molecular flexibility index (Phi) is 7.06. The summed E-state index contributed by atoms with van der Waals surface area (Å²) in [7, 11) is 1.80. The van der Waals surface area contributed by atoms with Crippen LogP contribution in [0.15, 0.2) is 35.5 Å².